The van der Waals surface area contributed by atoms with Crippen molar-refractivity contribution in [1.82, 2.24) is 45.5 Å². The largest absolute Gasteiger partial charge is 0.417 e. The molecule has 0 radical (unpaired) electrons. The second-order valence-corrected chi connectivity index (χ2v) is 17.8. The molecule has 0 aliphatic rings. The summed E-state index contributed by atoms with van der Waals surface area (Å²) in [4.78, 5) is 13.6. The van der Waals surface area contributed by atoms with Crippen LogP contribution in [0.3, 0.4) is 0 Å². The molecule has 0 amide bonds. The lowest BCUT2D eigenvalue weighted by atomic mass is 10.0. The summed E-state index contributed by atoms with van der Waals surface area (Å²) in [5.74, 6) is 0. The molecular formula is C48H24F9N9S3. The lowest BCUT2D eigenvalue weighted by Crippen LogP contribution is -2.07. The highest BCUT2D eigenvalue weighted by atomic mass is 32.1. The minimum atomic E-state index is -4.62. The zero-order valence-electron chi connectivity index (χ0n) is 34.5. The van der Waals surface area contributed by atoms with Crippen LogP contribution >= 0.6 is 34.0 Å². The first-order chi connectivity index (χ1) is 33.1. The van der Waals surface area contributed by atoms with Gasteiger partial charge in [0.05, 0.1) is 33.8 Å². The Balaban J connectivity index is 1.04. The van der Waals surface area contributed by atoms with Crippen molar-refractivity contribution in [2.75, 3.05) is 0 Å². The smallest absolute Gasteiger partial charge is 0.245 e. The van der Waals surface area contributed by atoms with E-state index in [1.54, 1.807) is 54.6 Å². The summed E-state index contributed by atoms with van der Waals surface area (Å²) >= 11 is 3.35. The molecule has 10 aromatic rings. The molecule has 0 bridgehead atoms. The molecule has 6 heterocycles. The average molecular weight is 994 g/mol. The van der Waals surface area contributed by atoms with Gasteiger partial charge in [-0.15, -0.1) is 30.6 Å². The molecule has 342 valence electrons. The summed E-state index contributed by atoms with van der Waals surface area (Å²) in [6.45, 7) is 0. The maximum atomic E-state index is 14.0. The van der Waals surface area contributed by atoms with Crippen LogP contribution in [0.1, 0.15) is 16.7 Å². The van der Waals surface area contributed by atoms with Crippen molar-refractivity contribution in [2.24, 2.45) is 0 Å². The Bertz CT molecular complexity index is 3150. The number of halogens is 9. The van der Waals surface area contributed by atoms with Gasteiger partial charge in [-0.1, -0.05) is 107 Å². The van der Waals surface area contributed by atoms with Crippen molar-refractivity contribution >= 4 is 34.0 Å². The van der Waals surface area contributed by atoms with Crippen LogP contribution < -0.4 is 0 Å². The van der Waals surface area contributed by atoms with Gasteiger partial charge in [0.1, 0.15) is 32.1 Å². The van der Waals surface area contributed by atoms with Gasteiger partial charge in [0.2, 0.25) is 0 Å². The monoisotopic (exact) mass is 993 g/mol. The molecule has 0 aliphatic heterocycles. The van der Waals surface area contributed by atoms with Crippen molar-refractivity contribution in [3.8, 4) is 97.6 Å². The van der Waals surface area contributed by atoms with E-state index in [9.17, 15) is 39.5 Å². The van der Waals surface area contributed by atoms with Gasteiger partial charge in [-0.25, -0.2) is 15.0 Å². The minimum Gasteiger partial charge on any atom is -0.245 e. The van der Waals surface area contributed by atoms with Gasteiger partial charge < -0.3 is 0 Å². The highest BCUT2D eigenvalue weighted by Crippen LogP contribution is 2.43. The molecule has 4 aromatic carbocycles. The van der Waals surface area contributed by atoms with Gasteiger partial charge in [0.25, 0.3) is 0 Å². The summed E-state index contributed by atoms with van der Waals surface area (Å²) in [6.07, 6.45) is -13.9. The van der Waals surface area contributed by atoms with Gasteiger partial charge in [0.15, 0.2) is 15.0 Å². The van der Waals surface area contributed by atoms with Crippen molar-refractivity contribution in [3.05, 3.63) is 162 Å². The molecule has 0 aliphatic carbocycles. The molecule has 10 rings (SSSR count). The lowest BCUT2D eigenvalue weighted by molar-refractivity contribution is -0.137. The van der Waals surface area contributed by atoms with Crippen LogP contribution in [-0.2, 0) is 18.5 Å². The van der Waals surface area contributed by atoms with Gasteiger partial charge >= 0.3 is 18.5 Å². The molecule has 0 unspecified atom stereocenters. The van der Waals surface area contributed by atoms with Crippen LogP contribution in [0.15, 0.2) is 146 Å². The molecule has 0 saturated carbocycles. The number of hydrogen-bond donors (Lipinski definition) is 0. The Kier molecular flexibility index (Phi) is 11.7. The SMILES string of the molecule is FC(F)(F)c1ccccc1-c1cccc(-c2nnc(-c3cc(-c4nnc(-c5cccc(-c6ccccc6C(F)(F)F)n5)s4)cc(-c4nnc(-c5cccc(-c6ccccc6C(F)(F)F)n5)s4)c3)s2)n1. The molecule has 0 saturated heterocycles. The van der Waals surface area contributed by atoms with E-state index >= 15 is 0 Å². The summed E-state index contributed by atoms with van der Waals surface area (Å²) in [5, 5.41) is 28.3. The number of aromatic nitrogens is 9. The third-order valence-corrected chi connectivity index (χ3v) is 13.4. The zero-order chi connectivity index (χ0) is 48.1. The van der Waals surface area contributed by atoms with E-state index in [0.717, 1.165) is 52.2 Å². The number of hydrogen-bond acceptors (Lipinski definition) is 12. The molecule has 69 heavy (non-hydrogen) atoms. The first-order valence-corrected chi connectivity index (χ1v) is 22.6. The van der Waals surface area contributed by atoms with E-state index in [1.165, 1.54) is 72.8 Å². The fourth-order valence-electron chi connectivity index (χ4n) is 7.30. The number of nitrogens with zero attached hydrogens (tertiary/aromatic N) is 9. The maximum absolute atomic E-state index is 14.0. The van der Waals surface area contributed by atoms with E-state index in [1.807, 2.05) is 0 Å². The number of rotatable bonds is 9. The van der Waals surface area contributed by atoms with Gasteiger partial charge in [0, 0.05) is 33.4 Å². The zero-order valence-corrected chi connectivity index (χ0v) is 37.0. The van der Waals surface area contributed by atoms with Gasteiger partial charge in [-0.05, 0) is 72.8 Å². The Morgan fingerprint density at radius 1 is 0.275 bits per heavy atom. The summed E-state index contributed by atoms with van der Waals surface area (Å²) in [7, 11) is 0. The third kappa shape index (κ3) is 9.35. The van der Waals surface area contributed by atoms with Crippen LogP contribution in [0.4, 0.5) is 39.5 Å². The van der Waals surface area contributed by atoms with Crippen molar-refractivity contribution < 1.29 is 39.5 Å². The van der Waals surface area contributed by atoms with Crippen molar-refractivity contribution in [2.45, 2.75) is 18.5 Å². The summed E-state index contributed by atoms with van der Waals surface area (Å²) in [5.41, 5.74) is -0.297. The molecule has 0 N–H and O–H groups in total. The molecule has 9 nitrogen and oxygen atoms in total. The van der Waals surface area contributed by atoms with Crippen LogP contribution in [0.5, 0.6) is 0 Å². The molecule has 0 atom stereocenters. The summed E-state index contributed by atoms with van der Waals surface area (Å²) < 4.78 is 126. The standard InChI is InChI=1S/C48H24F9N9S3/c49-46(50,51)31-13-4-1-10-28(31)34-16-7-19-37(58-34)43-64-61-40(67-43)25-22-26(41-62-65-44(68-41)38-20-8-17-35(59-38)29-11-2-5-14-32(29)47(52,53)54)24-27(23-25)42-63-66-45(69-42)39-21-9-18-36(60-39)30-12-3-6-15-33(30)48(55,56)57/h1-24H. The van der Waals surface area contributed by atoms with Crippen LogP contribution in [0, 0.1) is 0 Å². The Morgan fingerprint density at radius 2 is 0.522 bits per heavy atom. The summed E-state index contributed by atoms with van der Waals surface area (Å²) in [6, 6.07) is 34.6. The molecule has 6 aromatic heterocycles. The normalized spacial score (nSPS) is 12.1. The van der Waals surface area contributed by atoms with E-state index in [0.29, 0.717) is 46.7 Å². The second kappa shape index (κ2) is 17.8. The quantitative estimate of drug-likeness (QED) is 0.130. The van der Waals surface area contributed by atoms with Crippen LogP contribution in [0.2, 0.25) is 0 Å². The van der Waals surface area contributed by atoms with Crippen LogP contribution in [0.25, 0.3) is 97.6 Å². The topological polar surface area (TPSA) is 116 Å². The Morgan fingerprint density at radius 3 is 0.797 bits per heavy atom. The van der Waals surface area contributed by atoms with Crippen LogP contribution in [-0.4, -0.2) is 45.5 Å². The highest BCUT2D eigenvalue weighted by Gasteiger charge is 2.36. The number of alkyl halides is 9. The minimum absolute atomic E-state index is 0.0785. The van der Waals surface area contributed by atoms with E-state index < -0.39 is 35.2 Å². The Hall–Kier alpha value is -7.62. The van der Waals surface area contributed by atoms with Gasteiger partial charge in [-0.3, -0.25) is 0 Å². The van der Waals surface area contributed by atoms with Gasteiger partial charge in [-0.2, -0.15) is 39.5 Å². The molecule has 0 spiro atoms. The fraction of sp³-hybridized carbons (Fsp3) is 0.0625. The molecule has 0 fully saturated rings. The molecular weight excluding hydrogens is 970 g/mol. The average Bonchev–Trinajstić information content (AvgIpc) is 4.17. The first-order valence-electron chi connectivity index (χ1n) is 20.2. The maximum Gasteiger partial charge on any atom is 0.417 e. The fourth-order valence-corrected chi connectivity index (χ4v) is 9.70. The van der Waals surface area contributed by atoms with E-state index in [2.05, 4.69) is 45.5 Å². The highest BCUT2D eigenvalue weighted by molar-refractivity contribution is 7.18. The Labute approximate surface area is 395 Å². The first kappa shape index (κ1) is 45.2. The number of benzene rings is 4. The predicted molar refractivity (Wildman–Crippen MR) is 244 cm³/mol. The third-order valence-electron chi connectivity index (χ3n) is 10.4. The van der Waals surface area contributed by atoms with E-state index in [4.69, 9.17) is 0 Å². The lowest BCUT2D eigenvalue weighted by Gasteiger charge is -2.12. The van der Waals surface area contributed by atoms with Crippen molar-refractivity contribution in [1.29, 1.82) is 0 Å². The van der Waals surface area contributed by atoms with Crippen molar-refractivity contribution in [3.63, 3.8) is 0 Å². The second-order valence-electron chi connectivity index (χ2n) is 14.9. The number of pyridine rings is 3. The molecule has 21 heteroatoms. The van der Waals surface area contributed by atoms with E-state index in [-0.39, 0.29) is 50.9 Å². The predicted octanol–water partition coefficient (Wildman–Crippen LogP) is 14.5.